The highest BCUT2D eigenvalue weighted by Crippen LogP contribution is 2.11. The number of halogens is 2. The molecule has 1 N–H and O–H groups in total. The first-order chi connectivity index (χ1) is 10.5. The van der Waals surface area contributed by atoms with Crippen LogP contribution >= 0.6 is 12.4 Å². The van der Waals surface area contributed by atoms with Crippen molar-refractivity contribution in [2.75, 3.05) is 26.2 Å². The van der Waals surface area contributed by atoms with Gasteiger partial charge in [-0.1, -0.05) is 12.1 Å². The number of hydrogen-bond acceptors (Lipinski definition) is 3. The first-order valence-electron chi connectivity index (χ1n) is 7.51. The zero-order valence-electron chi connectivity index (χ0n) is 12.9. The Bertz CT molecular complexity index is 542. The Morgan fingerprint density at radius 2 is 2.04 bits per heavy atom. The molecule has 0 bridgehead atoms. The summed E-state index contributed by atoms with van der Waals surface area (Å²) in [7, 11) is 0. The number of carbonyl (C=O) groups excluding carboxylic acids is 1. The van der Waals surface area contributed by atoms with Gasteiger partial charge in [0.15, 0.2) is 0 Å². The molecule has 1 amide bonds. The van der Waals surface area contributed by atoms with Gasteiger partial charge in [0, 0.05) is 26.1 Å². The summed E-state index contributed by atoms with van der Waals surface area (Å²) in [6, 6.07) is 6.30. The molecule has 0 atom stereocenters. The molecule has 1 aliphatic rings. The second-order valence-electron chi connectivity index (χ2n) is 5.57. The molecule has 0 spiro atoms. The van der Waals surface area contributed by atoms with Gasteiger partial charge in [-0.25, -0.2) is 4.39 Å². The van der Waals surface area contributed by atoms with E-state index in [2.05, 4.69) is 0 Å². The van der Waals surface area contributed by atoms with Crippen molar-refractivity contribution in [3.8, 4) is 0 Å². The molecule has 1 aromatic rings. The molecule has 7 heteroatoms. The van der Waals surface area contributed by atoms with Crippen molar-refractivity contribution in [3.63, 3.8) is 0 Å². The minimum Gasteiger partial charge on any atom is -0.481 e. The maximum atomic E-state index is 13.2. The predicted octanol–water partition coefficient (Wildman–Crippen LogP) is 2.15. The number of unbranched alkanes of at least 4 members (excludes halogenated alkanes) is 1. The van der Waals surface area contributed by atoms with Crippen LogP contribution < -0.4 is 0 Å². The summed E-state index contributed by atoms with van der Waals surface area (Å²) in [6.45, 7) is 2.92. The van der Waals surface area contributed by atoms with E-state index in [1.807, 2.05) is 11.0 Å². The summed E-state index contributed by atoms with van der Waals surface area (Å²) in [5, 5.41) is 8.59. The maximum absolute atomic E-state index is 13.2. The molecule has 5 nitrogen and oxygen atoms in total. The van der Waals surface area contributed by atoms with Crippen LogP contribution in [0.5, 0.6) is 0 Å². The van der Waals surface area contributed by atoms with Gasteiger partial charge in [-0.3, -0.25) is 14.5 Å². The number of carboxylic acids is 1. The van der Waals surface area contributed by atoms with Crippen LogP contribution in [-0.4, -0.2) is 53.0 Å². The van der Waals surface area contributed by atoms with Crippen LogP contribution in [0.15, 0.2) is 24.3 Å². The Morgan fingerprint density at radius 3 is 2.70 bits per heavy atom. The standard InChI is InChI=1S/C16H21FN2O3.ClH/c17-14-5-3-4-13(10-14)11-19-9-8-18(12-15(19)20)7-2-1-6-16(21)22;/h3-5,10H,1-2,6-9,11-12H2,(H,21,22);1H. The van der Waals surface area contributed by atoms with Crippen LogP contribution in [0.4, 0.5) is 4.39 Å². The minimum absolute atomic E-state index is 0. The van der Waals surface area contributed by atoms with Crippen molar-refractivity contribution in [3.05, 3.63) is 35.6 Å². The van der Waals surface area contributed by atoms with Crippen LogP contribution in [-0.2, 0) is 16.1 Å². The lowest BCUT2D eigenvalue weighted by Gasteiger charge is -2.34. The Labute approximate surface area is 141 Å². The normalized spacial score (nSPS) is 15.3. The van der Waals surface area contributed by atoms with E-state index >= 15 is 0 Å². The number of carboxylic acid groups (broad SMARTS) is 1. The lowest BCUT2D eigenvalue weighted by Crippen LogP contribution is -2.50. The van der Waals surface area contributed by atoms with Crippen molar-refractivity contribution in [1.29, 1.82) is 0 Å². The van der Waals surface area contributed by atoms with E-state index in [0.29, 0.717) is 26.1 Å². The molecule has 0 saturated carbocycles. The molecule has 128 valence electrons. The Kier molecular flexibility index (Phi) is 7.98. The highest BCUT2D eigenvalue weighted by molar-refractivity contribution is 5.85. The van der Waals surface area contributed by atoms with Crippen molar-refractivity contribution >= 4 is 24.3 Å². The molecule has 0 aliphatic carbocycles. The molecule has 0 unspecified atom stereocenters. The fourth-order valence-corrected chi connectivity index (χ4v) is 2.58. The number of hydrogen-bond donors (Lipinski definition) is 1. The molecule has 1 heterocycles. The smallest absolute Gasteiger partial charge is 0.303 e. The topological polar surface area (TPSA) is 60.9 Å². The number of amides is 1. The fraction of sp³-hybridized carbons (Fsp3) is 0.500. The zero-order valence-corrected chi connectivity index (χ0v) is 13.7. The number of rotatable bonds is 7. The minimum atomic E-state index is -0.781. The summed E-state index contributed by atoms with van der Waals surface area (Å²) >= 11 is 0. The monoisotopic (exact) mass is 344 g/mol. The number of nitrogens with zero attached hydrogens (tertiary/aromatic N) is 2. The predicted molar refractivity (Wildman–Crippen MR) is 87.0 cm³/mol. The summed E-state index contributed by atoms with van der Waals surface area (Å²) in [6.07, 6.45) is 1.59. The summed E-state index contributed by atoms with van der Waals surface area (Å²) in [4.78, 5) is 26.4. The Hall–Kier alpha value is -1.66. The fourth-order valence-electron chi connectivity index (χ4n) is 2.58. The van der Waals surface area contributed by atoms with Crippen LogP contribution in [0.1, 0.15) is 24.8 Å². The van der Waals surface area contributed by atoms with E-state index < -0.39 is 5.97 Å². The average Bonchev–Trinajstić information content (AvgIpc) is 2.46. The van der Waals surface area contributed by atoms with Gasteiger partial charge in [0.05, 0.1) is 6.54 Å². The van der Waals surface area contributed by atoms with Gasteiger partial charge in [0.1, 0.15) is 5.82 Å². The highest BCUT2D eigenvalue weighted by atomic mass is 35.5. The van der Waals surface area contributed by atoms with Crippen molar-refractivity contribution in [1.82, 2.24) is 9.80 Å². The highest BCUT2D eigenvalue weighted by Gasteiger charge is 2.23. The van der Waals surface area contributed by atoms with E-state index in [0.717, 1.165) is 25.1 Å². The summed E-state index contributed by atoms with van der Waals surface area (Å²) in [5.41, 5.74) is 0.795. The number of aliphatic carboxylic acids is 1. The SMILES string of the molecule is Cl.O=C(O)CCCCN1CCN(Cc2cccc(F)c2)C(=O)C1. The van der Waals surface area contributed by atoms with Gasteiger partial charge < -0.3 is 10.0 Å². The Morgan fingerprint density at radius 1 is 1.26 bits per heavy atom. The van der Waals surface area contributed by atoms with Crippen LogP contribution in [0.2, 0.25) is 0 Å². The second-order valence-corrected chi connectivity index (χ2v) is 5.57. The van der Waals surface area contributed by atoms with E-state index in [1.54, 1.807) is 11.0 Å². The summed E-state index contributed by atoms with van der Waals surface area (Å²) < 4.78 is 13.2. The molecule has 0 aromatic heterocycles. The van der Waals surface area contributed by atoms with Gasteiger partial charge in [-0.15, -0.1) is 12.4 Å². The van der Waals surface area contributed by atoms with Crippen molar-refractivity contribution in [2.24, 2.45) is 0 Å². The molecule has 0 radical (unpaired) electrons. The van der Waals surface area contributed by atoms with Crippen molar-refractivity contribution in [2.45, 2.75) is 25.8 Å². The average molecular weight is 345 g/mol. The molecule has 2 rings (SSSR count). The largest absolute Gasteiger partial charge is 0.481 e. The molecule has 23 heavy (non-hydrogen) atoms. The third-order valence-electron chi connectivity index (χ3n) is 3.78. The molecule has 1 fully saturated rings. The lowest BCUT2D eigenvalue weighted by atomic mass is 10.1. The van der Waals surface area contributed by atoms with E-state index in [4.69, 9.17) is 5.11 Å². The number of benzene rings is 1. The van der Waals surface area contributed by atoms with Gasteiger partial charge in [0.2, 0.25) is 5.91 Å². The third kappa shape index (κ3) is 6.54. The van der Waals surface area contributed by atoms with E-state index in [1.165, 1.54) is 12.1 Å². The zero-order chi connectivity index (χ0) is 15.9. The van der Waals surface area contributed by atoms with Crippen LogP contribution in [0, 0.1) is 5.82 Å². The molecular weight excluding hydrogens is 323 g/mol. The number of piperazine rings is 1. The third-order valence-corrected chi connectivity index (χ3v) is 3.78. The van der Waals surface area contributed by atoms with Crippen LogP contribution in [0.25, 0.3) is 0 Å². The Balaban J connectivity index is 0.00000264. The lowest BCUT2D eigenvalue weighted by molar-refractivity contribution is -0.138. The van der Waals surface area contributed by atoms with Gasteiger partial charge in [0.25, 0.3) is 0 Å². The first-order valence-corrected chi connectivity index (χ1v) is 7.51. The van der Waals surface area contributed by atoms with E-state index in [9.17, 15) is 14.0 Å². The molecular formula is C16H22ClFN2O3. The van der Waals surface area contributed by atoms with Gasteiger partial charge in [-0.2, -0.15) is 0 Å². The molecule has 1 aromatic carbocycles. The summed E-state index contributed by atoms with van der Waals surface area (Å²) in [5.74, 6) is -1.04. The maximum Gasteiger partial charge on any atom is 0.303 e. The van der Waals surface area contributed by atoms with Crippen molar-refractivity contribution < 1.29 is 19.1 Å². The van der Waals surface area contributed by atoms with E-state index in [-0.39, 0.29) is 30.6 Å². The van der Waals surface area contributed by atoms with Gasteiger partial charge in [-0.05, 0) is 37.1 Å². The number of carbonyl (C=O) groups is 2. The quantitative estimate of drug-likeness (QED) is 0.770. The van der Waals surface area contributed by atoms with Crippen LogP contribution in [0.3, 0.4) is 0 Å². The second kappa shape index (κ2) is 9.47. The first kappa shape index (κ1) is 19.4. The van der Waals surface area contributed by atoms with Gasteiger partial charge >= 0.3 is 5.97 Å². The molecule has 1 saturated heterocycles. The molecule has 1 aliphatic heterocycles.